The Morgan fingerprint density at radius 1 is 1.43 bits per heavy atom. The highest BCUT2D eigenvalue weighted by Gasteiger charge is 2.08. The highest BCUT2D eigenvalue weighted by Crippen LogP contribution is 2.25. The fraction of sp³-hybridized carbons (Fsp3) is 0.400. The van der Waals surface area contributed by atoms with E-state index in [9.17, 15) is 4.79 Å². The minimum Gasteiger partial charge on any atom is -0.493 e. The fourth-order valence-corrected chi connectivity index (χ4v) is 3.71. The number of rotatable bonds is 8. The van der Waals surface area contributed by atoms with E-state index in [1.54, 1.807) is 17.8 Å². The summed E-state index contributed by atoms with van der Waals surface area (Å²) in [7, 11) is 0. The van der Waals surface area contributed by atoms with Gasteiger partial charge in [0, 0.05) is 11.4 Å². The van der Waals surface area contributed by atoms with Crippen LogP contribution in [0, 0.1) is 6.92 Å². The number of halogens is 1. The predicted octanol–water partition coefficient (Wildman–Crippen LogP) is 4.41. The van der Waals surface area contributed by atoms with E-state index in [0.29, 0.717) is 29.6 Å². The molecule has 5 nitrogen and oxygen atoms in total. The van der Waals surface area contributed by atoms with Crippen molar-refractivity contribution in [2.75, 3.05) is 17.7 Å². The van der Waals surface area contributed by atoms with Gasteiger partial charge in [-0.2, -0.15) is 0 Å². The molecule has 1 heterocycles. The average molecular weight is 372 g/mol. The first kappa shape index (κ1) is 18.0. The second-order valence-corrected chi connectivity index (χ2v) is 7.64. The van der Waals surface area contributed by atoms with Gasteiger partial charge in [-0.3, -0.25) is 4.79 Å². The predicted molar refractivity (Wildman–Crippen MR) is 95.9 cm³/mol. The molecule has 0 saturated heterocycles. The zero-order valence-electron chi connectivity index (χ0n) is 13.0. The van der Waals surface area contributed by atoms with Crippen LogP contribution in [0.4, 0.5) is 5.13 Å². The summed E-state index contributed by atoms with van der Waals surface area (Å²) in [5, 5.41) is 11.9. The van der Waals surface area contributed by atoms with Crippen molar-refractivity contribution < 1.29 is 9.53 Å². The van der Waals surface area contributed by atoms with Gasteiger partial charge in [-0.1, -0.05) is 41.6 Å². The maximum Gasteiger partial charge on any atom is 0.226 e. The second kappa shape index (κ2) is 9.10. The Kier molecular flexibility index (Phi) is 7.14. The quantitative estimate of drug-likeness (QED) is 0.423. The summed E-state index contributed by atoms with van der Waals surface area (Å²) in [5.41, 5.74) is 0.983. The number of anilines is 1. The van der Waals surface area contributed by atoms with Crippen LogP contribution in [0.3, 0.4) is 0 Å². The van der Waals surface area contributed by atoms with Gasteiger partial charge in [0.2, 0.25) is 11.0 Å². The van der Waals surface area contributed by atoms with Crippen molar-refractivity contribution in [1.29, 1.82) is 0 Å². The third kappa shape index (κ3) is 6.01. The van der Waals surface area contributed by atoms with Crippen molar-refractivity contribution >= 4 is 45.7 Å². The molecule has 1 aromatic heterocycles. The van der Waals surface area contributed by atoms with Crippen LogP contribution >= 0.6 is 34.7 Å². The third-order valence-corrected chi connectivity index (χ3v) is 4.95. The monoisotopic (exact) mass is 371 g/mol. The molecule has 2 rings (SSSR count). The number of nitrogens with zero attached hydrogens (tertiary/aromatic N) is 2. The van der Waals surface area contributed by atoms with Gasteiger partial charge in [-0.05, 0) is 42.9 Å². The van der Waals surface area contributed by atoms with Crippen LogP contribution in [0.15, 0.2) is 22.5 Å². The third-order valence-electron chi connectivity index (χ3n) is 2.86. The summed E-state index contributed by atoms with van der Waals surface area (Å²) in [6.45, 7) is 4.46. The van der Waals surface area contributed by atoms with E-state index in [4.69, 9.17) is 16.3 Å². The molecule has 124 valence electrons. The largest absolute Gasteiger partial charge is 0.493 e. The minimum atomic E-state index is -0.0781. The Morgan fingerprint density at radius 2 is 2.26 bits per heavy atom. The summed E-state index contributed by atoms with van der Waals surface area (Å²) >= 11 is 8.90. The van der Waals surface area contributed by atoms with Crippen LogP contribution in [-0.4, -0.2) is 28.5 Å². The SMILES string of the molecule is CCSc1nnc(NC(=O)CCCOc2ccc(Cl)cc2C)s1. The minimum absolute atomic E-state index is 0.0781. The Bertz CT molecular complexity index is 664. The lowest BCUT2D eigenvalue weighted by Crippen LogP contribution is -2.12. The highest BCUT2D eigenvalue weighted by atomic mass is 35.5. The molecular weight excluding hydrogens is 354 g/mol. The number of ether oxygens (including phenoxy) is 1. The molecule has 0 aliphatic rings. The summed E-state index contributed by atoms with van der Waals surface area (Å²) in [4.78, 5) is 11.9. The molecule has 0 aliphatic carbocycles. The molecule has 0 atom stereocenters. The van der Waals surface area contributed by atoms with Gasteiger partial charge < -0.3 is 10.1 Å². The van der Waals surface area contributed by atoms with Crippen LogP contribution in [0.5, 0.6) is 5.75 Å². The van der Waals surface area contributed by atoms with Gasteiger partial charge in [0.15, 0.2) is 4.34 Å². The molecule has 0 bridgehead atoms. The molecule has 0 fully saturated rings. The molecule has 0 unspecified atom stereocenters. The number of hydrogen-bond donors (Lipinski definition) is 1. The first-order valence-corrected chi connectivity index (χ1v) is 9.41. The number of carbonyl (C=O) groups excluding carboxylic acids is 1. The van der Waals surface area contributed by atoms with E-state index < -0.39 is 0 Å². The molecule has 1 amide bonds. The number of thioether (sulfide) groups is 1. The number of amides is 1. The van der Waals surface area contributed by atoms with E-state index in [-0.39, 0.29) is 5.91 Å². The molecule has 23 heavy (non-hydrogen) atoms. The van der Waals surface area contributed by atoms with Crippen LogP contribution in [0.2, 0.25) is 5.02 Å². The number of aryl methyl sites for hydroxylation is 1. The summed E-state index contributed by atoms with van der Waals surface area (Å²) < 4.78 is 6.53. The Labute approximate surface area is 148 Å². The molecule has 0 spiro atoms. The Balaban J connectivity index is 1.70. The molecule has 0 radical (unpaired) electrons. The summed E-state index contributed by atoms with van der Waals surface area (Å²) in [6, 6.07) is 5.48. The maximum absolute atomic E-state index is 11.9. The molecule has 0 saturated carbocycles. The number of nitrogens with one attached hydrogen (secondary N) is 1. The van der Waals surface area contributed by atoms with Crippen molar-refractivity contribution in [3.63, 3.8) is 0 Å². The smallest absolute Gasteiger partial charge is 0.226 e. The van der Waals surface area contributed by atoms with Crippen LogP contribution in [-0.2, 0) is 4.79 Å². The average Bonchev–Trinajstić information content (AvgIpc) is 2.93. The van der Waals surface area contributed by atoms with E-state index in [1.165, 1.54) is 11.3 Å². The van der Waals surface area contributed by atoms with Gasteiger partial charge in [0.25, 0.3) is 0 Å². The zero-order valence-corrected chi connectivity index (χ0v) is 15.4. The molecule has 1 aromatic carbocycles. The van der Waals surface area contributed by atoms with Gasteiger partial charge in [-0.25, -0.2) is 0 Å². The number of benzene rings is 1. The van der Waals surface area contributed by atoms with Gasteiger partial charge in [0.1, 0.15) is 5.75 Å². The second-order valence-electron chi connectivity index (χ2n) is 4.72. The standard InChI is InChI=1S/C15H18ClN3O2S2/c1-3-22-15-19-18-14(23-15)17-13(20)5-4-8-21-12-7-6-11(16)9-10(12)2/h6-7,9H,3-5,8H2,1-2H3,(H,17,18,20). The Morgan fingerprint density at radius 3 is 3.00 bits per heavy atom. The topological polar surface area (TPSA) is 64.1 Å². The highest BCUT2D eigenvalue weighted by molar-refractivity contribution is 8.01. The van der Waals surface area contributed by atoms with Crippen molar-refractivity contribution in [1.82, 2.24) is 10.2 Å². The normalized spacial score (nSPS) is 10.6. The van der Waals surface area contributed by atoms with E-state index in [0.717, 1.165) is 21.4 Å². The van der Waals surface area contributed by atoms with Crippen LogP contribution < -0.4 is 10.1 Å². The van der Waals surface area contributed by atoms with Crippen LogP contribution in [0.1, 0.15) is 25.3 Å². The molecule has 2 aromatic rings. The lowest BCUT2D eigenvalue weighted by Gasteiger charge is -2.09. The van der Waals surface area contributed by atoms with E-state index in [1.807, 2.05) is 26.0 Å². The lowest BCUT2D eigenvalue weighted by atomic mass is 10.2. The molecule has 1 N–H and O–H groups in total. The lowest BCUT2D eigenvalue weighted by molar-refractivity contribution is -0.116. The van der Waals surface area contributed by atoms with Crippen LogP contribution in [0.25, 0.3) is 0 Å². The van der Waals surface area contributed by atoms with Crippen molar-refractivity contribution in [2.24, 2.45) is 0 Å². The maximum atomic E-state index is 11.9. The van der Waals surface area contributed by atoms with Crippen molar-refractivity contribution in [3.8, 4) is 5.75 Å². The van der Waals surface area contributed by atoms with E-state index in [2.05, 4.69) is 15.5 Å². The number of hydrogen-bond acceptors (Lipinski definition) is 6. The van der Waals surface area contributed by atoms with Gasteiger partial charge in [-0.15, -0.1) is 10.2 Å². The Hall–Kier alpha value is -1.31. The first-order chi connectivity index (χ1) is 11.1. The fourth-order valence-electron chi connectivity index (χ4n) is 1.81. The first-order valence-electron chi connectivity index (χ1n) is 7.23. The molecule has 8 heteroatoms. The van der Waals surface area contributed by atoms with Crippen molar-refractivity contribution in [3.05, 3.63) is 28.8 Å². The zero-order chi connectivity index (χ0) is 16.7. The molecule has 0 aliphatic heterocycles. The number of aromatic nitrogens is 2. The number of carbonyl (C=O) groups is 1. The summed E-state index contributed by atoms with van der Waals surface area (Å²) in [6.07, 6.45) is 1.01. The van der Waals surface area contributed by atoms with Gasteiger partial charge >= 0.3 is 0 Å². The van der Waals surface area contributed by atoms with Gasteiger partial charge in [0.05, 0.1) is 6.61 Å². The molecular formula is C15H18ClN3O2S2. The van der Waals surface area contributed by atoms with Crippen molar-refractivity contribution in [2.45, 2.75) is 31.0 Å². The summed E-state index contributed by atoms with van der Waals surface area (Å²) in [5.74, 6) is 1.65. The van der Waals surface area contributed by atoms with E-state index >= 15 is 0 Å².